The lowest BCUT2D eigenvalue weighted by Gasteiger charge is -2.23. The minimum absolute atomic E-state index is 0.255. The monoisotopic (exact) mass is 197 g/mol. The van der Waals surface area contributed by atoms with Crippen molar-refractivity contribution < 1.29 is 9.90 Å². The molecule has 2 fully saturated rings. The highest BCUT2D eigenvalue weighted by atomic mass is 16.4. The summed E-state index contributed by atoms with van der Waals surface area (Å²) >= 11 is 0. The molecule has 2 N–H and O–H groups in total. The number of hydrogen-bond donors (Lipinski definition) is 2. The summed E-state index contributed by atoms with van der Waals surface area (Å²) in [6.07, 6.45) is 5.40. The summed E-state index contributed by atoms with van der Waals surface area (Å²) in [4.78, 5) is 10.6. The molecule has 0 spiro atoms. The van der Waals surface area contributed by atoms with Crippen LogP contribution >= 0.6 is 0 Å². The van der Waals surface area contributed by atoms with Gasteiger partial charge in [0.2, 0.25) is 0 Å². The van der Waals surface area contributed by atoms with Gasteiger partial charge in [-0.1, -0.05) is 13.3 Å². The summed E-state index contributed by atoms with van der Waals surface area (Å²) in [6, 6.07) is 0.607. The molecule has 2 saturated carbocycles. The molecular weight excluding hydrogens is 178 g/mol. The third-order valence-electron chi connectivity index (χ3n) is 3.85. The van der Waals surface area contributed by atoms with Crippen molar-refractivity contribution in [2.24, 2.45) is 17.8 Å². The Morgan fingerprint density at radius 1 is 1.50 bits per heavy atom. The molecule has 0 aliphatic heterocycles. The van der Waals surface area contributed by atoms with E-state index in [9.17, 15) is 4.79 Å². The first-order valence-electron chi connectivity index (χ1n) is 5.63. The van der Waals surface area contributed by atoms with Crippen molar-refractivity contribution in [3.05, 3.63) is 0 Å². The van der Waals surface area contributed by atoms with Crippen LogP contribution in [0.4, 0.5) is 0 Å². The maximum atomic E-state index is 10.6. The van der Waals surface area contributed by atoms with Crippen LogP contribution in [0.5, 0.6) is 0 Å². The van der Waals surface area contributed by atoms with Gasteiger partial charge in [0.15, 0.2) is 0 Å². The zero-order valence-electron chi connectivity index (χ0n) is 8.70. The van der Waals surface area contributed by atoms with Gasteiger partial charge in [0.25, 0.3) is 0 Å². The zero-order valence-corrected chi connectivity index (χ0v) is 8.70. The first kappa shape index (κ1) is 9.97. The second-order valence-corrected chi connectivity index (χ2v) is 4.93. The maximum absolute atomic E-state index is 10.6. The average molecular weight is 197 g/mol. The lowest BCUT2D eigenvalue weighted by atomic mass is 9.95. The van der Waals surface area contributed by atoms with E-state index in [1.54, 1.807) is 6.92 Å². The number of carboxylic acids is 1. The fourth-order valence-corrected chi connectivity index (χ4v) is 2.91. The average Bonchev–Trinajstić information content (AvgIpc) is 2.74. The third-order valence-corrected chi connectivity index (χ3v) is 3.85. The summed E-state index contributed by atoms with van der Waals surface area (Å²) in [5.41, 5.74) is 0. The van der Waals surface area contributed by atoms with Gasteiger partial charge in [-0.2, -0.15) is 0 Å². The quantitative estimate of drug-likeness (QED) is 0.717. The third kappa shape index (κ3) is 1.92. The van der Waals surface area contributed by atoms with E-state index in [1.807, 2.05) is 0 Å². The number of carbonyl (C=O) groups is 1. The van der Waals surface area contributed by atoms with E-state index in [4.69, 9.17) is 5.11 Å². The van der Waals surface area contributed by atoms with Crippen LogP contribution in [-0.2, 0) is 4.79 Å². The van der Waals surface area contributed by atoms with E-state index in [1.165, 1.54) is 25.7 Å². The Hall–Kier alpha value is -0.570. The highest BCUT2D eigenvalue weighted by molar-refractivity contribution is 5.69. The van der Waals surface area contributed by atoms with Crippen molar-refractivity contribution in [3.63, 3.8) is 0 Å². The van der Waals surface area contributed by atoms with Gasteiger partial charge < -0.3 is 10.4 Å². The summed E-state index contributed by atoms with van der Waals surface area (Å²) < 4.78 is 0. The van der Waals surface area contributed by atoms with E-state index in [0.29, 0.717) is 12.6 Å². The summed E-state index contributed by atoms with van der Waals surface area (Å²) in [7, 11) is 0. The number of hydrogen-bond acceptors (Lipinski definition) is 2. The lowest BCUT2D eigenvalue weighted by Crippen LogP contribution is -2.38. The maximum Gasteiger partial charge on any atom is 0.307 e. The first-order chi connectivity index (χ1) is 6.66. The van der Waals surface area contributed by atoms with Gasteiger partial charge in [0, 0.05) is 12.6 Å². The van der Waals surface area contributed by atoms with E-state index >= 15 is 0 Å². The van der Waals surface area contributed by atoms with Crippen molar-refractivity contribution in [3.8, 4) is 0 Å². The molecule has 0 amide bonds. The van der Waals surface area contributed by atoms with Crippen molar-refractivity contribution >= 4 is 5.97 Å². The predicted molar refractivity (Wildman–Crippen MR) is 54.0 cm³/mol. The molecule has 2 aliphatic rings. The second kappa shape index (κ2) is 3.89. The normalized spacial score (nSPS) is 37.4. The highest BCUT2D eigenvalue weighted by Gasteiger charge is 2.39. The van der Waals surface area contributed by atoms with Gasteiger partial charge in [0.1, 0.15) is 0 Å². The minimum atomic E-state index is -0.694. The Kier molecular flexibility index (Phi) is 2.77. The van der Waals surface area contributed by atoms with Gasteiger partial charge in [-0.15, -0.1) is 0 Å². The molecule has 3 heteroatoms. The fraction of sp³-hybridized carbons (Fsp3) is 0.909. The Bertz CT molecular complexity index is 229. The molecule has 0 radical (unpaired) electrons. The lowest BCUT2D eigenvalue weighted by molar-refractivity contribution is -0.141. The molecular formula is C11H19NO2. The topological polar surface area (TPSA) is 49.3 Å². The number of carboxylic acid groups (broad SMARTS) is 1. The Morgan fingerprint density at radius 3 is 2.79 bits per heavy atom. The zero-order chi connectivity index (χ0) is 10.1. The number of rotatable bonds is 4. The molecule has 0 aromatic heterocycles. The molecule has 0 aromatic carbocycles. The fourth-order valence-electron chi connectivity index (χ4n) is 2.91. The molecule has 4 unspecified atom stereocenters. The van der Waals surface area contributed by atoms with E-state index in [0.717, 1.165) is 11.8 Å². The van der Waals surface area contributed by atoms with Crippen LogP contribution in [-0.4, -0.2) is 23.7 Å². The van der Waals surface area contributed by atoms with Crippen LogP contribution in [0.3, 0.4) is 0 Å². The summed E-state index contributed by atoms with van der Waals surface area (Å²) in [5, 5.41) is 12.2. The molecule has 3 nitrogen and oxygen atoms in total. The predicted octanol–water partition coefficient (Wildman–Crippen LogP) is 1.49. The smallest absolute Gasteiger partial charge is 0.307 e. The molecule has 2 rings (SSSR count). The van der Waals surface area contributed by atoms with Crippen molar-refractivity contribution in [2.45, 2.75) is 38.6 Å². The molecule has 2 bridgehead atoms. The summed E-state index contributed by atoms with van der Waals surface area (Å²) in [6.45, 7) is 2.39. The molecule has 80 valence electrons. The van der Waals surface area contributed by atoms with Crippen LogP contribution in [0.1, 0.15) is 32.6 Å². The second-order valence-electron chi connectivity index (χ2n) is 4.93. The Morgan fingerprint density at radius 2 is 2.29 bits per heavy atom. The minimum Gasteiger partial charge on any atom is -0.481 e. The highest BCUT2D eigenvalue weighted by Crippen LogP contribution is 2.44. The largest absolute Gasteiger partial charge is 0.481 e. The standard InChI is InChI=1S/C11H19NO2/c1-7(11(13)14)6-12-10-5-8-2-3-9(10)4-8/h7-10,12H,2-6H2,1H3,(H,13,14). The van der Waals surface area contributed by atoms with E-state index in [2.05, 4.69) is 5.32 Å². The molecule has 0 aromatic rings. The SMILES string of the molecule is CC(CNC1CC2CCC1C2)C(=O)O. The van der Waals surface area contributed by atoms with Crippen LogP contribution < -0.4 is 5.32 Å². The van der Waals surface area contributed by atoms with Crippen LogP contribution in [0.25, 0.3) is 0 Å². The van der Waals surface area contributed by atoms with Gasteiger partial charge in [-0.25, -0.2) is 0 Å². The first-order valence-corrected chi connectivity index (χ1v) is 5.63. The van der Waals surface area contributed by atoms with Gasteiger partial charge in [0.05, 0.1) is 5.92 Å². The van der Waals surface area contributed by atoms with Crippen LogP contribution in [0.15, 0.2) is 0 Å². The molecule has 14 heavy (non-hydrogen) atoms. The van der Waals surface area contributed by atoms with Crippen LogP contribution in [0, 0.1) is 17.8 Å². The molecule has 2 aliphatic carbocycles. The van der Waals surface area contributed by atoms with Gasteiger partial charge >= 0.3 is 5.97 Å². The number of nitrogens with one attached hydrogen (secondary N) is 1. The molecule has 4 atom stereocenters. The molecule has 0 heterocycles. The Labute approximate surface area is 84.9 Å². The molecule has 0 saturated heterocycles. The summed E-state index contributed by atoms with van der Waals surface area (Å²) in [5.74, 6) is 0.813. The number of aliphatic carboxylic acids is 1. The van der Waals surface area contributed by atoms with Crippen molar-refractivity contribution in [1.29, 1.82) is 0 Å². The van der Waals surface area contributed by atoms with E-state index < -0.39 is 5.97 Å². The van der Waals surface area contributed by atoms with E-state index in [-0.39, 0.29) is 5.92 Å². The van der Waals surface area contributed by atoms with Crippen LogP contribution in [0.2, 0.25) is 0 Å². The van der Waals surface area contributed by atoms with Crippen molar-refractivity contribution in [2.75, 3.05) is 6.54 Å². The van der Waals surface area contributed by atoms with Crippen molar-refractivity contribution in [1.82, 2.24) is 5.32 Å². The van der Waals surface area contributed by atoms with Gasteiger partial charge in [-0.3, -0.25) is 4.79 Å². The van der Waals surface area contributed by atoms with Gasteiger partial charge in [-0.05, 0) is 31.1 Å². The number of fused-ring (bicyclic) bond motifs is 2. The Balaban J connectivity index is 1.74.